The minimum Gasteiger partial charge on any atom is -0.448 e. The summed E-state index contributed by atoms with van der Waals surface area (Å²) < 4.78 is 35.3. The Morgan fingerprint density at radius 2 is 2.09 bits per heavy atom. The Labute approximate surface area is 63.0 Å². The van der Waals surface area contributed by atoms with Crippen LogP contribution in [-0.4, -0.2) is 42.6 Å². The molecule has 6 heteroatoms. The topological polar surface area (TPSA) is 23.5 Å². The van der Waals surface area contributed by atoms with E-state index < -0.39 is 19.5 Å². The summed E-state index contributed by atoms with van der Waals surface area (Å²) in [5, 5.41) is 8.89. The summed E-state index contributed by atoms with van der Waals surface area (Å²) in [7, 11) is 0. The lowest BCUT2D eigenvalue weighted by Crippen LogP contribution is -2.36. The molecule has 1 rings (SSSR count). The first-order valence-electron chi connectivity index (χ1n) is 3.59. The molecule has 2 nitrogen and oxygen atoms in total. The molecule has 0 bridgehead atoms. The highest BCUT2D eigenvalue weighted by molar-refractivity contribution is 6.58. The highest BCUT2D eigenvalue weighted by Gasteiger charge is 2.30. The van der Waals surface area contributed by atoms with Crippen molar-refractivity contribution in [2.75, 3.05) is 19.5 Å². The van der Waals surface area contributed by atoms with Gasteiger partial charge in [-0.15, -0.1) is 0 Å². The summed E-state index contributed by atoms with van der Waals surface area (Å²) in [6.45, 7) is -4.19. The summed E-state index contributed by atoms with van der Waals surface area (Å²) in [6.07, 6.45) is -0.934. The van der Waals surface area contributed by atoms with Gasteiger partial charge in [0.2, 0.25) is 0 Å². The number of aliphatic hydroxyl groups is 1. The van der Waals surface area contributed by atoms with Crippen molar-refractivity contribution in [3.05, 3.63) is 0 Å². The Hall–Kier alpha value is -0.225. The van der Waals surface area contributed by atoms with Crippen LogP contribution in [0.1, 0.15) is 6.42 Å². The Bertz CT molecular complexity index is 140. The molecule has 1 aliphatic rings. The van der Waals surface area contributed by atoms with Gasteiger partial charge in [0.15, 0.2) is 0 Å². The van der Waals surface area contributed by atoms with Crippen LogP contribution in [0.3, 0.4) is 0 Å². The van der Waals surface area contributed by atoms with E-state index in [1.54, 1.807) is 0 Å². The smallest absolute Gasteiger partial charge is 0.448 e. The maximum absolute atomic E-state index is 11.8. The molecule has 1 saturated heterocycles. The quantitative estimate of drug-likeness (QED) is 0.604. The van der Waals surface area contributed by atoms with E-state index in [0.29, 0.717) is 13.0 Å². The number of nitrogens with zero attached hydrogens (tertiary/aromatic N) is 1. The highest BCUT2D eigenvalue weighted by Crippen LogP contribution is 2.15. The molecule has 1 unspecified atom stereocenters. The zero-order valence-corrected chi connectivity index (χ0v) is 6.01. The monoisotopic (exact) mass is 168 g/mol. The fourth-order valence-electron chi connectivity index (χ4n) is 1.27. The Morgan fingerprint density at radius 3 is 2.45 bits per heavy atom. The summed E-state index contributed by atoms with van der Waals surface area (Å²) in [5.41, 5.74) is 0. The molecule has 0 aromatic heterocycles. The average molecular weight is 168 g/mol. The number of β-amino-alcohol motifs (C(OH)–C–C–N with tert-alkyl or cyclic N) is 1. The van der Waals surface area contributed by atoms with Crippen LogP contribution in [0.15, 0.2) is 0 Å². The van der Waals surface area contributed by atoms with Gasteiger partial charge in [-0.25, -0.2) is 0 Å². The van der Waals surface area contributed by atoms with E-state index in [1.165, 1.54) is 4.90 Å². The van der Waals surface area contributed by atoms with Crippen molar-refractivity contribution in [2.24, 2.45) is 0 Å². The van der Waals surface area contributed by atoms with Gasteiger partial charge in [0.1, 0.15) is 0 Å². The Morgan fingerprint density at radius 1 is 1.45 bits per heavy atom. The minimum atomic E-state index is -4.72. The molecule has 0 radical (unpaired) electrons. The number of hydrogen-bond acceptors (Lipinski definition) is 2. The van der Waals surface area contributed by atoms with Crippen molar-refractivity contribution in [1.29, 1.82) is 0 Å². The van der Waals surface area contributed by atoms with Crippen LogP contribution in [0, 0.1) is 0 Å². The number of rotatable bonds is 2. The first-order valence-corrected chi connectivity index (χ1v) is 3.59. The van der Waals surface area contributed by atoms with Gasteiger partial charge in [-0.2, -0.15) is 0 Å². The van der Waals surface area contributed by atoms with Crippen molar-refractivity contribution in [3.8, 4) is 0 Å². The molecule has 0 amide bonds. The van der Waals surface area contributed by atoms with Crippen molar-refractivity contribution in [3.63, 3.8) is 0 Å². The largest absolute Gasteiger partial charge is 0.492 e. The molecule has 0 spiro atoms. The molecule has 11 heavy (non-hydrogen) atoms. The third-order valence-electron chi connectivity index (χ3n) is 1.71. The van der Waals surface area contributed by atoms with E-state index in [-0.39, 0.29) is 6.54 Å². The van der Waals surface area contributed by atoms with Gasteiger partial charge in [-0.3, -0.25) is 0 Å². The fraction of sp³-hybridized carbons (Fsp3) is 1.00. The first kappa shape index (κ1) is 8.87. The third kappa shape index (κ3) is 3.11. The highest BCUT2D eigenvalue weighted by atomic mass is 19.4. The second-order valence-corrected chi connectivity index (χ2v) is 2.91. The zero-order chi connectivity index (χ0) is 8.48. The molecule has 0 saturated carbocycles. The predicted octanol–water partition coefficient (Wildman–Crippen LogP) is 0.440. The van der Waals surface area contributed by atoms with Crippen LogP contribution in [0.5, 0.6) is 0 Å². The SMILES string of the molecule is OC1CCN(C[B-](F)(F)F)C1. The number of hydrogen-bond donors (Lipinski definition) is 1. The molecule has 0 aromatic rings. The maximum atomic E-state index is 11.8. The van der Waals surface area contributed by atoms with Gasteiger partial charge >= 0.3 is 6.98 Å². The standard InChI is InChI=1S/C5H10BF3NO/c7-6(8,9)4-10-2-1-5(11)3-10/h5,11H,1-4H2/q-1. The normalized spacial score (nSPS) is 27.8. The van der Waals surface area contributed by atoms with Crippen LogP contribution in [0.4, 0.5) is 12.9 Å². The average Bonchev–Trinajstić information content (AvgIpc) is 2.10. The lowest BCUT2D eigenvalue weighted by Gasteiger charge is -2.22. The van der Waals surface area contributed by atoms with Crippen molar-refractivity contribution in [2.45, 2.75) is 12.5 Å². The fourth-order valence-corrected chi connectivity index (χ4v) is 1.27. The van der Waals surface area contributed by atoms with Gasteiger partial charge in [-0.05, 0) is 19.4 Å². The molecule has 1 heterocycles. The van der Waals surface area contributed by atoms with E-state index in [0.717, 1.165) is 0 Å². The van der Waals surface area contributed by atoms with E-state index >= 15 is 0 Å². The van der Waals surface area contributed by atoms with Crippen molar-refractivity contribution >= 4 is 6.98 Å². The molecule has 0 aromatic carbocycles. The van der Waals surface area contributed by atoms with E-state index in [1.807, 2.05) is 0 Å². The van der Waals surface area contributed by atoms with Gasteiger partial charge in [0.25, 0.3) is 0 Å². The van der Waals surface area contributed by atoms with Crippen LogP contribution < -0.4 is 0 Å². The number of halogens is 3. The maximum Gasteiger partial charge on any atom is 0.492 e. The summed E-state index contributed by atoms with van der Waals surface area (Å²) >= 11 is 0. The first-order chi connectivity index (χ1) is 4.97. The van der Waals surface area contributed by atoms with Crippen LogP contribution in [0.2, 0.25) is 0 Å². The van der Waals surface area contributed by atoms with Crippen LogP contribution >= 0.6 is 0 Å². The molecule has 1 N–H and O–H groups in total. The molecule has 66 valence electrons. The van der Waals surface area contributed by atoms with Crippen LogP contribution in [0.25, 0.3) is 0 Å². The van der Waals surface area contributed by atoms with E-state index in [4.69, 9.17) is 5.11 Å². The summed E-state index contributed by atoms with van der Waals surface area (Å²) in [5.74, 6) is 0. The second-order valence-electron chi connectivity index (χ2n) is 2.91. The summed E-state index contributed by atoms with van der Waals surface area (Å²) in [6, 6.07) is 0. The lowest BCUT2D eigenvalue weighted by molar-refractivity contribution is 0.178. The van der Waals surface area contributed by atoms with E-state index in [9.17, 15) is 12.9 Å². The molecule has 0 aliphatic carbocycles. The zero-order valence-electron chi connectivity index (χ0n) is 6.01. The molecule has 1 fully saturated rings. The van der Waals surface area contributed by atoms with Gasteiger partial charge in [0, 0.05) is 6.54 Å². The molecule has 1 aliphatic heterocycles. The van der Waals surface area contributed by atoms with E-state index in [2.05, 4.69) is 0 Å². The molecule has 1 atom stereocenters. The number of aliphatic hydroxyl groups excluding tert-OH is 1. The Balaban J connectivity index is 2.29. The lowest BCUT2D eigenvalue weighted by atomic mass is 9.91. The Kier molecular flexibility index (Phi) is 2.44. The van der Waals surface area contributed by atoms with Gasteiger partial charge in [0.05, 0.1) is 6.10 Å². The number of likely N-dealkylation sites (tertiary alicyclic amines) is 1. The third-order valence-corrected chi connectivity index (χ3v) is 1.71. The summed E-state index contributed by atoms with van der Waals surface area (Å²) in [4.78, 5) is 1.24. The molecular formula is C5H10BF3NO-. The van der Waals surface area contributed by atoms with Gasteiger partial charge < -0.3 is 23.0 Å². The van der Waals surface area contributed by atoms with Crippen molar-refractivity contribution in [1.82, 2.24) is 4.90 Å². The second kappa shape index (κ2) is 3.02. The minimum absolute atomic E-state index is 0.168. The molecular weight excluding hydrogens is 158 g/mol. The van der Waals surface area contributed by atoms with Gasteiger partial charge in [-0.1, -0.05) is 0 Å². The predicted molar refractivity (Wildman–Crippen MR) is 36.1 cm³/mol. The van der Waals surface area contributed by atoms with Crippen LogP contribution in [-0.2, 0) is 0 Å². The van der Waals surface area contributed by atoms with Crippen molar-refractivity contribution < 1.29 is 18.1 Å².